The fourth-order valence-electron chi connectivity index (χ4n) is 1.67. The molecule has 0 spiro atoms. The van der Waals surface area contributed by atoms with Crippen LogP contribution in [0, 0.1) is 13.8 Å². The number of aryl methyl sites for hydroxylation is 2. The molecule has 0 radical (unpaired) electrons. The topological polar surface area (TPSA) is 64.1 Å². The lowest BCUT2D eigenvalue weighted by atomic mass is 10.0. The van der Waals surface area contributed by atoms with Crippen molar-refractivity contribution in [2.45, 2.75) is 13.8 Å². The number of rotatable bonds is 1. The van der Waals surface area contributed by atoms with E-state index in [1.54, 1.807) is 17.8 Å². The normalized spacial score (nSPS) is 10.8. The molecule has 1 aromatic carbocycles. The first-order valence-electron chi connectivity index (χ1n) is 5.20. The molecule has 0 aliphatic carbocycles. The van der Waals surface area contributed by atoms with Crippen LogP contribution in [0.25, 0.3) is 11.3 Å². The molecular weight excluding hydrogens is 238 g/mol. The Labute approximate surface area is 105 Å². The Kier molecular flexibility index (Phi) is 2.75. The average molecular weight is 252 g/mol. The van der Waals surface area contributed by atoms with Gasteiger partial charge in [-0.25, -0.2) is 0 Å². The van der Waals surface area contributed by atoms with Crippen LogP contribution in [0.4, 0.5) is 5.82 Å². The minimum absolute atomic E-state index is 0.0490. The number of hydrogen-bond donors (Lipinski definition) is 2. The van der Waals surface area contributed by atoms with Gasteiger partial charge in [-0.2, -0.15) is 5.10 Å². The van der Waals surface area contributed by atoms with Crippen molar-refractivity contribution in [3.8, 4) is 17.0 Å². The molecule has 2 aromatic rings. The van der Waals surface area contributed by atoms with Crippen molar-refractivity contribution >= 4 is 17.4 Å². The molecule has 0 unspecified atom stereocenters. The first-order valence-corrected chi connectivity index (χ1v) is 5.58. The predicted octanol–water partition coefficient (Wildman–Crippen LogP) is 2.65. The van der Waals surface area contributed by atoms with Gasteiger partial charge in [0.25, 0.3) is 0 Å². The van der Waals surface area contributed by atoms with Crippen molar-refractivity contribution in [2.24, 2.45) is 7.05 Å². The SMILES string of the molecule is Cc1cc(-c2cc(N)n(C)n2)c(O)c(Cl)c1C. The maximum absolute atomic E-state index is 10.0. The molecule has 0 atom stereocenters. The molecule has 0 aliphatic heterocycles. The maximum atomic E-state index is 10.0. The van der Waals surface area contributed by atoms with Gasteiger partial charge < -0.3 is 10.8 Å². The number of nitrogen functional groups attached to an aromatic ring is 1. The Morgan fingerprint density at radius 2 is 2.00 bits per heavy atom. The molecule has 0 bridgehead atoms. The van der Waals surface area contributed by atoms with Gasteiger partial charge in [-0.1, -0.05) is 11.6 Å². The Morgan fingerprint density at radius 3 is 2.53 bits per heavy atom. The van der Waals surface area contributed by atoms with E-state index in [4.69, 9.17) is 17.3 Å². The smallest absolute Gasteiger partial charge is 0.143 e. The molecule has 0 aliphatic rings. The van der Waals surface area contributed by atoms with Crippen molar-refractivity contribution in [2.75, 3.05) is 5.73 Å². The van der Waals surface area contributed by atoms with Crippen LogP contribution in [0.3, 0.4) is 0 Å². The van der Waals surface area contributed by atoms with E-state index in [1.807, 2.05) is 19.9 Å². The summed E-state index contributed by atoms with van der Waals surface area (Å²) in [7, 11) is 1.75. The fraction of sp³-hybridized carbons (Fsp3) is 0.250. The maximum Gasteiger partial charge on any atom is 0.143 e. The second kappa shape index (κ2) is 3.96. The van der Waals surface area contributed by atoms with E-state index in [0.29, 0.717) is 22.1 Å². The van der Waals surface area contributed by atoms with Crippen molar-refractivity contribution in [3.05, 3.63) is 28.3 Å². The van der Waals surface area contributed by atoms with Gasteiger partial charge in [-0.3, -0.25) is 4.68 Å². The second-order valence-electron chi connectivity index (χ2n) is 4.11. The second-order valence-corrected chi connectivity index (χ2v) is 4.48. The third-order valence-corrected chi connectivity index (χ3v) is 3.40. The average Bonchev–Trinajstić information content (AvgIpc) is 2.61. The van der Waals surface area contributed by atoms with Gasteiger partial charge in [0.1, 0.15) is 11.6 Å². The van der Waals surface area contributed by atoms with E-state index < -0.39 is 0 Å². The minimum atomic E-state index is 0.0490. The molecule has 2 rings (SSSR count). The summed E-state index contributed by atoms with van der Waals surface area (Å²) in [5, 5.41) is 14.6. The standard InChI is InChI=1S/C12H14ClN3O/c1-6-4-8(12(17)11(13)7(6)2)9-5-10(14)16(3)15-9/h4-5,17H,14H2,1-3H3. The van der Waals surface area contributed by atoms with Crippen LogP contribution in [0.15, 0.2) is 12.1 Å². The molecule has 5 heteroatoms. The first-order chi connectivity index (χ1) is 7.91. The van der Waals surface area contributed by atoms with Crippen LogP contribution in [-0.4, -0.2) is 14.9 Å². The van der Waals surface area contributed by atoms with Crippen molar-refractivity contribution in [3.63, 3.8) is 0 Å². The summed E-state index contributed by atoms with van der Waals surface area (Å²) in [6.07, 6.45) is 0. The van der Waals surface area contributed by atoms with Crippen molar-refractivity contribution < 1.29 is 5.11 Å². The lowest BCUT2D eigenvalue weighted by Gasteiger charge is -2.09. The minimum Gasteiger partial charge on any atom is -0.506 e. The van der Waals surface area contributed by atoms with Crippen molar-refractivity contribution in [1.82, 2.24) is 9.78 Å². The van der Waals surface area contributed by atoms with E-state index in [2.05, 4.69) is 5.10 Å². The van der Waals surface area contributed by atoms with Gasteiger partial charge in [0.05, 0.1) is 10.7 Å². The van der Waals surface area contributed by atoms with Crippen molar-refractivity contribution in [1.29, 1.82) is 0 Å². The van der Waals surface area contributed by atoms with Gasteiger partial charge in [-0.05, 0) is 31.0 Å². The highest BCUT2D eigenvalue weighted by atomic mass is 35.5. The van der Waals surface area contributed by atoms with Gasteiger partial charge in [0, 0.05) is 18.7 Å². The summed E-state index contributed by atoms with van der Waals surface area (Å²) in [4.78, 5) is 0. The number of nitrogens with zero attached hydrogens (tertiary/aromatic N) is 2. The first kappa shape index (κ1) is 11.8. The Hall–Kier alpha value is -1.68. The molecule has 1 heterocycles. The van der Waals surface area contributed by atoms with E-state index in [-0.39, 0.29) is 5.75 Å². The zero-order valence-corrected chi connectivity index (χ0v) is 10.7. The van der Waals surface area contributed by atoms with Crippen LogP contribution in [0.1, 0.15) is 11.1 Å². The summed E-state index contributed by atoms with van der Waals surface area (Å²) < 4.78 is 1.55. The van der Waals surface area contributed by atoms with Gasteiger partial charge in [0.15, 0.2) is 0 Å². The third-order valence-electron chi connectivity index (χ3n) is 2.94. The zero-order chi connectivity index (χ0) is 12.7. The lowest BCUT2D eigenvalue weighted by Crippen LogP contribution is -1.96. The number of nitrogens with two attached hydrogens (primary N) is 1. The number of anilines is 1. The van der Waals surface area contributed by atoms with Crippen LogP contribution < -0.4 is 5.73 Å². The molecule has 1 aromatic heterocycles. The monoisotopic (exact) mass is 251 g/mol. The Balaban J connectivity index is 2.68. The summed E-state index contributed by atoms with van der Waals surface area (Å²) >= 11 is 6.07. The van der Waals surface area contributed by atoms with Crippen LogP contribution in [0.5, 0.6) is 5.75 Å². The Bertz CT molecular complexity index is 570. The summed E-state index contributed by atoms with van der Waals surface area (Å²) in [6.45, 7) is 3.81. The molecule has 0 amide bonds. The third kappa shape index (κ3) is 1.85. The Morgan fingerprint density at radius 1 is 1.35 bits per heavy atom. The highest BCUT2D eigenvalue weighted by Crippen LogP contribution is 2.38. The largest absolute Gasteiger partial charge is 0.506 e. The molecule has 0 saturated carbocycles. The number of phenolic OH excluding ortho intramolecular Hbond substituents is 1. The highest BCUT2D eigenvalue weighted by Gasteiger charge is 2.15. The molecule has 17 heavy (non-hydrogen) atoms. The van der Waals surface area contributed by atoms with Gasteiger partial charge in [0.2, 0.25) is 0 Å². The van der Waals surface area contributed by atoms with Crippen LogP contribution in [0.2, 0.25) is 5.02 Å². The zero-order valence-electron chi connectivity index (χ0n) is 9.95. The summed E-state index contributed by atoms with van der Waals surface area (Å²) in [5.74, 6) is 0.585. The summed E-state index contributed by atoms with van der Waals surface area (Å²) in [6, 6.07) is 3.57. The summed E-state index contributed by atoms with van der Waals surface area (Å²) in [5.41, 5.74) is 8.82. The van der Waals surface area contributed by atoms with Crippen LogP contribution >= 0.6 is 11.6 Å². The molecule has 90 valence electrons. The number of hydrogen-bond acceptors (Lipinski definition) is 3. The van der Waals surface area contributed by atoms with E-state index in [1.165, 1.54) is 0 Å². The van der Waals surface area contributed by atoms with Gasteiger partial charge >= 0.3 is 0 Å². The molecule has 0 fully saturated rings. The molecule has 4 nitrogen and oxygen atoms in total. The number of halogens is 1. The highest BCUT2D eigenvalue weighted by molar-refractivity contribution is 6.33. The van der Waals surface area contributed by atoms with Crippen LogP contribution in [-0.2, 0) is 7.05 Å². The molecule has 3 N–H and O–H groups in total. The number of phenols is 1. The molecule has 0 saturated heterocycles. The number of benzene rings is 1. The fourth-order valence-corrected chi connectivity index (χ4v) is 1.92. The number of aromatic hydroxyl groups is 1. The predicted molar refractivity (Wildman–Crippen MR) is 69.2 cm³/mol. The lowest BCUT2D eigenvalue weighted by molar-refractivity contribution is 0.476. The van der Waals surface area contributed by atoms with E-state index in [9.17, 15) is 5.11 Å². The van der Waals surface area contributed by atoms with E-state index in [0.717, 1.165) is 11.1 Å². The van der Waals surface area contributed by atoms with E-state index >= 15 is 0 Å². The number of aromatic nitrogens is 2. The van der Waals surface area contributed by atoms with Gasteiger partial charge in [-0.15, -0.1) is 0 Å². The molecular formula is C12H14ClN3O. The quantitative estimate of drug-likeness (QED) is 0.819.